The molecule has 3 rings (SSSR count). The van der Waals surface area contributed by atoms with Gasteiger partial charge in [0.1, 0.15) is 0 Å². The summed E-state index contributed by atoms with van der Waals surface area (Å²) in [6.07, 6.45) is 6.61. The number of amides is 1. The zero-order valence-electron chi connectivity index (χ0n) is 11.6. The van der Waals surface area contributed by atoms with Gasteiger partial charge in [-0.15, -0.1) is 0 Å². The minimum absolute atomic E-state index is 0.135. The molecule has 1 aliphatic carbocycles. The second kappa shape index (κ2) is 6.61. The van der Waals surface area contributed by atoms with Crippen molar-refractivity contribution < 1.29 is 9.32 Å². The first-order valence-corrected chi connectivity index (χ1v) is 8.66. The van der Waals surface area contributed by atoms with Gasteiger partial charge in [0.2, 0.25) is 11.8 Å². The van der Waals surface area contributed by atoms with E-state index in [1.807, 2.05) is 11.8 Å². The molecular formula is C14H21N3O2S. The summed E-state index contributed by atoms with van der Waals surface area (Å²) in [5.41, 5.74) is 0. The number of nitrogens with one attached hydrogen (secondary N) is 1. The topological polar surface area (TPSA) is 68.0 Å². The van der Waals surface area contributed by atoms with Gasteiger partial charge in [0.15, 0.2) is 5.82 Å². The Hall–Kier alpha value is -1.04. The average molecular weight is 295 g/mol. The molecule has 1 amide bonds. The smallest absolute Gasteiger partial charge is 0.246 e. The van der Waals surface area contributed by atoms with Gasteiger partial charge in [0.05, 0.1) is 6.54 Å². The van der Waals surface area contributed by atoms with E-state index in [9.17, 15) is 4.79 Å². The SMILES string of the molecule is O=C(NCc1nc(C2CCSCC2)no1)C1CCCC1. The van der Waals surface area contributed by atoms with Crippen LogP contribution in [-0.2, 0) is 11.3 Å². The zero-order valence-corrected chi connectivity index (χ0v) is 12.5. The molecule has 2 fully saturated rings. The zero-order chi connectivity index (χ0) is 13.8. The monoisotopic (exact) mass is 295 g/mol. The van der Waals surface area contributed by atoms with Crippen LogP contribution >= 0.6 is 11.8 Å². The Morgan fingerprint density at radius 3 is 2.75 bits per heavy atom. The van der Waals surface area contributed by atoms with Crippen molar-refractivity contribution in [1.82, 2.24) is 15.5 Å². The van der Waals surface area contributed by atoms with E-state index in [2.05, 4.69) is 15.5 Å². The molecule has 1 aromatic rings. The van der Waals surface area contributed by atoms with Crippen molar-refractivity contribution in [2.75, 3.05) is 11.5 Å². The molecule has 1 aromatic heterocycles. The first kappa shape index (κ1) is 13.9. The highest BCUT2D eigenvalue weighted by atomic mass is 32.2. The third-order valence-corrected chi connectivity index (χ3v) is 5.26. The Labute approximate surface area is 123 Å². The fraction of sp³-hybridized carbons (Fsp3) is 0.786. The summed E-state index contributed by atoms with van der Waals surface area (Å²) in [5.74, 6) is 4.45. The van der Waals surface area contributed by atoms with Crippen LogP contribution in [0.4, 0.5) is 0 Å². The highest BCUT2D eigenvalue weighted by Gasteiger charge is 2.24. The van der Waals surface area contributed by atoms with Crippen molar-refractivity contribution in [3.8, 4) is 0 Å². The molecule has 20 heavy (non-hydrogen) atoms. The number of rotatable bonds is 4. The lowest BCUT2D eigenvalue weighted by molar-refractivity contribution is -0.125. The van der Waals surface area contributed by atoms with E-state index in [-0.39, 0.29) is 11.8 Å². The Balaban J connectivity index is 1.50. The Morgan fingerprint density at radius 1 is 1.25 bits per heavy atom. The number of thioether (sulfide) groups is 1. The molecule has 5 nitrogen and oxygen atoms in total. The van der Waals surface area contributed by atoms with Gasteiger partial charge < -0.3 is 9.84 Å². The summed E-state index contributed by atoms with van der Waals surface area (Å²) in [7, 11) is 0. The molecule has 0 radical (unpaired) electrons. The van der Waals surface area contributed by atoms with Gasteiger partial charge in [-0.25, -0.2) is 0 Å². The molecule has 1 N–H and O–H groups in total. The molecule has 1 saturated heterocycles. The molecule has 0 atom stereocenters. The molecule has 0 aromatic carbocycles. The fourth-order valence-corrected chi connectivity index (χ4v) is 4.06. The van der Waals surface area contributed by atoms with E-state index in [0.29, 0.717) is 18.4 Å². The maximum atomic E-state index is 11.9. The summed E-state index contributed by atoms with van der Waals surface area (Å²) in [4.78, 5) is 16.4. The van der Waals surface area contributed by atoms with Crippen molar-refractivity contribution >= 4 is 17.7 Å². The van der Waals surface area contributed by atoms with Crippen LogP contribution in [0.2, 0.25) is 0 Å². The van der Waals surface area contributed by atoms with Crippen molar-refractivity contribution in [3.63, 3.8) is 0 Å². The molecule has 2 aliphatic rings. The van der Waals surface area contributed by atoms with Crippen LogP contribution in [0.1, 0.15) is 56.2 Å². The molecule has 0 bridgehead atoms. The van der Waals surface area contributed by atoms with E-state index in [1.165, 1.54) is 24.3 Å². The quantitative estimate of drug-likeness (QED) is 0.924. The number of hydrogen-bond acceptors (Lipinski definition) is 5. The molecule has 110 valence electrons. The van der Waals surface area contributed by atoms with Crippen LogP contribution in [0.3, 0.4) is 0 Å². The van der Waals surface area contributed by atoms with Gasteiger partial charge in [-0.1, -0.05) is 18.0 Å². The number of aromatic nitrogens is 2. The van der Waals surface area contributed by atoms with Crippen LogP contribution in [-0.4, -0.2) is 27.6 Å². The summed E-state index contributed by atoms with van der Waals surface area (Å²) in [6, 6.07) is 0. The molecule has 0 unspecified atom stereocenters. The summed E-state index contributed by atoms with van der Waals surface area (Å²) < 4.78 is 5.25. The van der Waals surface area contributed by atoms with Crippen molar-refractivity contribution in [2.24, 2.45) is 5.92 Å². The number of carbonyl (C=O) groups excluding carboxylic acids is 1. The number of carbonyl (C=O) groups is 1. The van der Waals surface area contributed by atoms with Crippen molar-refractivity contribution in [3.05, 3.63) is 11.7 Å². The van der Waals surface area contributed by atoms with E-state index in [0.717, 1.165) is 31.5 Å². The van der Waals surface area contributed by atoms with Crippen LogP contribution < -0.4 is 5.32 Å². The Bertz CT molecular complexity index is 451. The predicted molar refractivity (Wildman–Crippen MR) is 77.4 cm³/mol. The van der Waals surface area contributed by atoms with Crippen LogP contribution in [0.15, 0.2) is 4.52 Å². The second-order valence-corrected chi connectivity index (χ2v) is 6.86. The van der Waals surface area contributed by atoms with Gasteiger partial charge in [-0.2, -0.15) is 16.7 Å². The maximum Gasteiger partial charge on any atom is 0.246 e. The first-order chi connectivity index (χ1) is 9.83. The van der Waals surface area contributed by atoms with Crippen molar-refractivity contribution in [2.45, 2.75) is 51.0 Å². The lowest BCUT2D eigenvalue weighted by Gasteiger charge is -2.17. The van der Waals surface area contributed by atoms with Gasteiger partial charge in [-0.3, -0.25) is 4.79 Å². The Morgan fingerprint density at radius 2 is 2.00 bits per heavy atom. The number of hydrogen-bond donors (Lipinski definition) is 1. The average Bonchev–Trinajstić information content (AvgIpc) is 3.17. The van der Waals surface area contributed by atoms with E-state index >= 15 is 0 Å². The van der Waals surface area contributed by atoms with Crippen LogP contribution in [0.5, 0.6) is 0 Å². The first-order valence-electron chi connectivity index (χ1n) is 7.51. The molecular weight excluding hydrogens is 274 g/mol. The highest BCUT2D eigenvalue weighted by molar-refractivity contribution is 7.99. The minimum Gasteiger partial charge on any atom is -0.347 e. The van der Waals surface area contributed by atoms with Crippen LogP contribution in [0.25, 0.3) is 0 Å². The lowest BCUT2D eigenvalue weighted by Crippen LogP contribution is -2.28. The third kappa shape index (κ3) is 3.34. The summed E-state index contributed by atoms with van der Waals surface area (Å²) >= 11 is 1.99. The summed E-state index contributed by atoms with van der Waals surface area (Å²) in [6.45, 7) is 0.365. The molecule has 1 aliphatic heterocycles. The molecule has 0 spiro atoms. The van der Waals surface area contributed by atoms with Crippen molar-refractivity contribution in [1.29, 1.82) is 0 Å². The van der Waals surface area contributed by atoms with Gasteiger partial charge >= 0.3 is 0 Å². The minimum atomic E-state index is 0.135. The maximum absolute atomic E-state index is 11.9. The molecule has 2 heterocycles. The molecule has 6 heteroatoms. The third-order valence-electron chi connectivity index (χ3n) is 4.21. The normalized spacial score (nSPS) is 21.2. The van der Waals surface area contributed by atoms with Gasteiger partial charge in [0, 0.05) is 11.8 Å². The van der Waals surface area contributed by atoms with Gasteiger partial charge in [0.25, 0.3) is 0 Å². The number of nitrogens with zero attached hydrogens (tertiary/aromatic N) is 2. The highest BCUT2D eigenvalue weighted by Crippen LogP contribution is 2.29. The molecule has 1 saturated carbocycles. The van der Waals surface area contributed by atoms with E-state index < -0.39 is 0 Å². The van der Waals surface area contributed by atoms with Crippen LogP contribution in [0, 0.1) is 5.92 Å². The van der Waals surface area contributed by atoms with E-state index in [1.54, 1.807) is 0 Å². The largest absolute Gasteiger partial charge is 0.347 e. The lowest BCUT2D eigenvalue weighted by atomic mass is 10.0. The van der Waals surface area contributed by atoms with E-state index in [4.69, 9.17) is 4.52 Å². The fourth-order valence-electron chi connectivity index (χ4n) is 2.96. The van der Waals surface area contributed by atoms with Gasteiger partial charge in [-0.05, 0) is 37.2 Å². The Kier molecular flexibility index (Phi) is 4.60. The second-order valence-electron chi connectivity index (χ2n) is 5.63. The summed E-state index contributed by atoms with van der Waals surface area (Å²) in [5, 5.41) is 6.99. The standard InChI is InChI=1S/C14H21N3O2S/c18-14(11-3-1-2-4-11)15-9-12-16-13(17-19-12)10-5-7-20-8-6-10/h10-11H,1-9H2,(H,15,18). The predicted octanol–water partition coefficient (Wildman–Crippen LogP) is 2.49.